The largest absolute Gasteiger partial charge is 0.495 e. The standard InChI is InChI=1S/C17H26N2O5S.ClH/c1-12-7-13(2)17(24-3)15(8-12)25(22,23)19-6-4-5-14(11-19)9-18-10-16(20)21;/h7-8,14,18H,4-6,9-11H2,1-3H3,(H,20,21);1H. The van der Waals surface area contributed by atoms with Crippen molar-refractivity contribution in [3.05, 3.63) is 23.3 Å². The molecule has 1 aliphatic rings. The van der Waals surface area contributed by atoms with Crippen molar-refractivity contribution in [2.24, 2.45) is 5.92 Å². The summed E-state index contributed by atoms with van der Waals surface area (Å²) in [7, 11) is -2.18. The molecule has 0 aliphatic carbocycles. The molecule has 0 saturated carbocycles. The number of ether oxygens (including phenoxy) is 1. The average Bonchev–Trinajstić information content (AvgIpc) is 2.54. The molecule has 1 atom stereocenters. The molecule has 1 aromatic rings. The Morgan fingerprint density at radius 3 is 2.69 bits per heavy atom. The number of rotatable bonds is 7. The normalized spacial score (nSPS) is 18.2. The van der Waals surface area contributed by atoms with E-state index < -0.39 is 16.0 Å². The first-order chi connectivity index (χ1) is 11.8. The van der Waals surface area contributed by atoms with Crippen molar-refractivity contribution in [3.63, 3.8) is 0 Å². The Morgan fingerprint density at radius 1 is 1.38 bits per heavy atom. The number of aryl methyl sites for hydroxylation is 2. The van der Waals surface area contributed by atoms with Gasteiger partial charge in [0.2, 0.25) is 10.0 Å². The van der Waals surface area contributed by atoms with Crippen LogP contribution in [0.2, 0.25) is 0 Å². The van der Waals surface area contributed by atoms with Gasteiger partial charge >= 0.3 is 5.97 Å². The summed E-state index contributed by atoms with van der Waals surface area (Å²) < 4.78 is 33.1. The van der Waals surface area contributed by atoms with E-state index in [1.165, 1.54) is 11.4 Å². The third-order valence-electron chi connectivity index (χ3n) is 4.40. The highest BCUT2D eigenvalue weighted by Gasteiger charge is 2.32. The predicted octanol–water partition coefficient (Wildman–Crippen LogP) is 1.81. The van der Waals surface area contributed by atoms with Crippen molar-refractivity contribution in [1.82, 2.24) is 9.62 Å². The zero-order valence-corrected chi connectivity index (χ0v) is 17.0. The lowest BCUT2D eigenvalue weighted by atomic mass is 10.00. The third-order valence-corrected chi connectivity index (χ3v) is 6.27. The first kappa shape index (κ1) is 22.7. The number of carbonyl (C=O) groups is 1. The molecule has 1 fully saturated rings. The van der Waals surface area contributed by atoms with Crippen molar-refractivity contribution in [2.45, 2.75) is 31.6 Å². The molecular formula is C17H27ClN2O5S. The smallest absolute Gasteiger partial charge is 0.317 e. The third kappa shape index (κ3) is 5.33. The highest BCUT2D eigenvalue weighted by atomic mass is 35.5. The van der Waals surface area contributed by atoms with Crippen LogP contribution >= 0.6 is 12.4 Å². The van der Waals surface area contributed by atoms with Gasteiger partial charge in [0.25, 0.3) is 0 Å². The zero-order valence-electron chi connectivity index (χ0n) is 15.3. The molecule has 1 aliphatic heterocycles. The molecule has 1 saturated heterocycles. The number of aliphatic carboxylic acids is 1. The second kappa shape index (κ2) is 9.55. The van der Waals surface area contributed by atoms with Crippen LogP contribution in [0.1, 0.15) is 24.0 Å². The molecular weight excluding hydrogens is 380 g/mol. The van der Waals surface area contributed by atoms with Crippen LogP contribution in [0.3, 0.4) is 0 Å². The van der Waals surface area contributed by atoms with E-state index in [1.807, 2.05) is 19.9 Å². The summed E-state index contributed by atoms with van der Waals surface area (Å²) in [4.78, 5) is 10.8. The van der Waals surface area contributed by atoms with Gasteiger partial charge in [0.15, 0.2) is 0 Å². The van der Waals surface area contributed by atoms with E-state index in [-0.39, 0.29) is 29.8 Å². The Bertz CT molecular complexity index is 739. The van der Waals surface area contributed by atoms with Gasteiger partial charge < -0.3 is 15.2 Å². The number of hydrogen-bond donors (Lipinski definition) is 2. The first-order valence-corrected chi connectivity index (χ1v) is 9.77. The summed E-state index contributed by atoms with van der Waals surface area (Å²) >= 11 is 0. The molecule has 2 N–H and O–H groups in total. The van der Waals surface area contributed by atoms with Crippen molar-refractivity contribution in [3.8, 4) is 5.75 Å². The summed E-state index contributed by atoms with van der Waals surface area (Å²) in [5, 5.41) is 11.6. The van der Waals surface area contributed by atoms with Gasteiger partial charge in [-0.1, -0.05) is 6.07 Å². The lowest BCUT2D eigenvalue weighted by Crippen LogP contribution is -2.43. The molecule has 1 aromatic carbocycles. The molecule has 0 radical (unpaired) electrons. The predicted molar refractivity (Wildman–Crippen MR) is 102 cm³/mol. The van der Waals surface area contributed by atoms with Crippen molar-refractivity contribution in [1.29, 1.82) is 0 Å². The Balaban J connectivity index is 0.00000338. The van der Waals surface area contributed by atoms with Crippen LogP contribution < -0.4 is 10.1 Å². The molecule has 0 aromatic heterocycles. The number of nitrogens with zero attached hydrogens (tertiary/aromatic N) is 1. The monoisotopic (exact) mass is 406 g/mol. The summed E-state index contributed by atoms with van der Waals surface area (Å²) in [6.45, 7) is 4.91. The average molecular weight is 407 g/mol. The Hall–Kier alpha value is -1.35. The highest BCUT2D eigenvalue weighted by Crippen LogP contribution is 2.33. The van der Waals surface area contributed by atoms with Gasteiger partial charge in [0.1, 0.15) is 10.6 Å². The van der Waals surface area contributed by atoms with Gasteiger partial charge in [-0.3, -0.25) is 4.79 Å². The number of benzene rings is 1. The number of methoxy groups -OCH3 is 1. The van der Waals surface area contributed by atoms with Gasteiger partial charge in [0, 0.05) is 13.1 Å². The van der Waals surface area contributed by atoms with E-state index in [1.54, 1.807) is 6.07 Å². The van der Waals surface area contributed by atoms with E-state index in [0.717, 1.165) is 24.0 Å². The summed E-state index contributed by atoms with van der Waals surface area (Å²) in [6, 6.07) is 3.54. The minimum Gasteiger partial charge on any atom is -0.495 e. The fourth-order valence-corrected chi connectivity index (χ4v) is 5.17. The Kier molecular flexibility index (Phi) is 8.33. The van der Waals surface area contributed by atoms with Crippen molar-refractivity contribution < 1.29 is 23.1 Å². The molecule has 2 rings (SSSR count). The van der Waals surface area contributed by atoms with Crippen LogP contribution in [0.5, 0.6) is 5.75 Å². The van der Waals surface area contributed by atoms with Crippen LogP contribution in [-0.2, 0) is 14.8 Å². The van der Waals surface area contributed by atoms with E-state index >= 15 is 0 Å². The summed E-state index contributed by atoms with van der Waals surface area (Å²) in [5.74, 6) is -0.434. The SMILES string of the molecule is COc1c(C)cc(C)cc1S(=O)(=O)N1CCCC(CNCC(=O)O)C1.Cl. The van der Waals surface area contributed by atoms with Crippen LogP contribution in [-0.4, -0.2) is 57.1 Å². The number of sulfonamides is 1. The van der Waals surface area contributed by atoms with Crippen molar-refractivity contribution in [2.75, 3.05) is 33.3 Å². The van der Waals surface area contributed by atoms with Crippen LogP contribution in [0.15, 0.2) is 17.0 Å². The topological polar surface area (TPSA) is 95.9 Å². The molecule has 26 heavy (non-hydrogen) atoms. The first-order valence-electron chi connectivity index (χ1n) is 8.33. The number of carboxylic acid groups (broad SMARTS) is 1. The molecule has 0 amide bonds. The lowest BCUT2D eigenvalue weighted by Gasteiger charge is -2.32. The summed E-state index contributed by atoms with van der Waals surface area (Å²) in [6.07, 6.45) is 1.63. The van der Waals surface area contributed by atoms with E-state index in [9.17, 15) is 13.2 Å². The maximum absolute atomic E-state index is 13.1. The van der Waals surface area contributed by atoms with Gasteiger partial charge in [-0.25, -0.2) is 8.42 Å². The highest BCUT2D eigenvalue weighted by molar-refractivity contribution is 7.89. The second-order valence-corrected chi connectivity index (χ2v) is 8.42. The fraction of sp³-hybridized carbons (Fsp3) is 0.588. The van der Waals surface area contributed by atoms with Gasteiger partial charge in [-0.2, -0.15) is 4.31 Å². The van der Waals surface area contributed by atoms with Crippen LogP contribution in [0, 0.1) is 19.8 Å². The fourth-order valence-electron chi connectivity index (χ4n) is 3.30. The van der Waals surface area contributed by atoms with Gasteiger partial charge in [-0.05, 0) is 56.3 Å². The van der Waals surface area contributed by atoms with Crippen LogP contribution in [0.4, 0.5) is 0 Å². The minimum atomic E-state index is -3.66. The van der Waals surface area contributed by atoms with Crippen LogP contribution in [0.25, 0.3) is 0 Å². The van der Waals surface area contributed by atoms with E-state index in [0.29, 0.717) is 25.4 Å². The Morgan fingerprint density at radius 2 is 2.08 bits per heavy atom. The molecule has 0 bridgehead atoms. The number of nitrogens with one attached hydrogen (secondary N) is 1. The molecule has 148 valence electrons. The zero-order chi connectivity index (χ0) is 18.6. The maximum atomic E-state index is 13.1. The van der Waals surface area contributed by atoms with E-state index in [4.69, 9.17) is 9.84 Å². The maximum Gasteiger partial charge on any atom is 0.317 e. The molecule has 1 heterocycles. The lowest BCUT2D eigenvalue weighted by molar-refractivity contribution is -0.136. The number of carboxylic acids is 1. The Labute approximate surface area is 161 Å². The number of halogens is 1. The van der Waals surface area contributed by atoms with Gasteiger partial charge in [-0.15, -0.1) is 12.4 Å². The number of piperidine rings is 1. The number of hydrogen-bond acceptors (Lipinski definition) is 5. The summed E-state index contributed by atoms with van der Waals surface area (Å²) in [5.41, 5.74) is 1.66. The second-order valence-electron chi connectivity index (χ2n) is 6.51. The molecule has 7 nitrogen and oxygen atoms in total. The van der Waals surface area contributed by atoms with E-state index in [2.05, 4.69) is 5.32 Å². The quantitative estimate of drug-likeness (QED) is 0.716. The van der Waals surface area contributed by atoms with Crippen molar-refractivity contribution >= 4 is 28.4 Å². The molecule has 1 unspecified atom stereocenters. The van der Waals surface area contributed by atoms with Gasteiger partial charge in [0.05, 0.1) is 13.7 Å². The minimum absolute atomic E-state index is 0. The molecule has 9 heteroatoms. The molecule has 0 spiro atoms.